The van der Waals surface area contributed by atoms with Crippen LogP contribution >= 0.6 is 0 Å². The van der Waals surface area contributed by atoms with Gasteiger partial charge in [0.2, 0.25) is 0 Å². The Kier molecular flexibility index (Phi) is 4.25. The average molecular weight is 347 g/mol. The van der Waals surface area contributed by atoms with Gasteiger partial charge in [0.05, 0.1) is 11.6 Å². The fourth-order valence-electron chi connectivity index (χ4n) is 3.98. The molecule has 0 bridgehead atoms. The highest BCUT2D eigenvalue weighted by Crippen LogP contribution is 2.50. The van der Waals surface area contributed by atoms with E-state index < -0.39 is 5.97 Å². The number of anilines is 1. The molecule has 0 saturated heterocycles. The standard InChI is InChI=1S/C22H21NO3/c1-2-12-26-16-9-6-14(7-10-16)21-18-5-3-4-17(18)19-13-15(22(24)25)8-11-20(19)23-21/h2-4,6-11,13,17-18,21,23H,1,5,12H2,(H,24,25)/t17-,18-,21+/m0/s1. The Morgan fingerprint density at radius 3 is 2.81 bits per heavy atom. The van der Waals surface area contributed by atoms with E-state index >= 15 is 0 Å². The van der Waals surface area contributed by atoms with Crippen LogP contribution in [0.3, 0.4) is 0 Å². The SMILES string of the molecule is C=CCOc1ccc([C@H]2Nc3ccc(C(=O)O)cc3[C@H]3C=CC[C@@H]32)cc1. The molecule has 0 radical (unpaired) electrons. The lowest BCUT2D eigenvalue weighted by Gasteiger charge is -2.37. The molecule has 0 spiro atoms. The van der Waals surface area contributed by atoms with Crippen LogP contribution in [0.1, 0.15) is 39.9 Å². The van der Waals surface area contributed by atoms with Crippen molar-refractivity contribution in [2.45, 2.75) is 18.4 Å². The predicted octanol–water partition coefficient (Wildman–Crippen LogP) is 4.78. The first-order chi connectivity index (χ1) is 12.7. The molecule has 3 atom stereocenters. The van der Waals surface area contributed by atoms with Gasteiger partial charge < -0.3 is 15.2 Å². The second kappa shape index (κ2) is 6.71. The highest BCUT2D eigenvalue weighted by atomic mass is 16.5. The number of aromatic carboxylic acids is 1. The summed E-state index contributed by atoms with van der Waals surface area (Å²) in [6.45, 7) is 4.16. The molecular weight excluding hydrogens is 326 g/mol. The Morgan fingerprint density at radius 2 is 2.08 bits per heavy atom. The molecule has 2 N–H and O–H groups in total. The van der Waals surface area contributed by atoms with Crippen molar-refractivity contribution in [2.75, 3.05) is 11.9 Å². The Balaban J connectivity index is 1.65. The molecule has 2 aliphatic rings. The van der Waals surface area contributed by atoms with Crippen molar-refractivity contribution in [3.05, 3.63) is 84.0 Å². The van der Waals surface area contributed by atoms with E-state index in [-0.39, 0.29) is 12.0 Å². The second-order valence-electron chi connectivity index (χ2n) is 6.75. The number of nitrogens with one attached hydrogen (secondary N) is 1. The van der Waals surface area contributed by atoms with Crippen LogP contribution in [0, 0.1) is 5.92 Å². The van der Waals surface area contributed by atoms with Gasteiger partial charge in [-0.1, -0.05) is 36.9 Å². The maximum absolute atomic E-state index is 11.3. The lowest BCUT2D eigenvalue weighted by molar-refractivity contribution is 0.0696. The van der Waals surface area contributed by atoms with Gasteiger partial charge in [-0.05, 0) is 53.8 Å². The lowest BCUT2D eigenvalue weighted by Crippen LogP contribution is -2.29. The molecule has 4 heteroatoms. The highest BCUT2D eigenvalue weighted by molar-refractivity contribution is 5.89. The number of allylic oxidation sites excluding steroid dienone is 2. The van der Waals surface area contributed by atoms with Crippen LogP contribution in [0.15, 0.2) is 67.3 Å². The van der Waals surface area contributed by atoms with Crippen LogP contribution in [-0.2, 0) is 0 Å². The normalized spacial score (nSPS) is 22.8. The molecule has 1 heterocycles. The molecule has 2 aromatic rings. The van der Waals surface area contributed by atoms with Crippen LogP contribution in [-0.4, -0.2) is 17.7 Å². The summed E-state index contributed by atoms with van der Waals surface area (Å²) < 4.78 is 5.57. The van der Waals surface area contributed by atoms with Crippen LogP contribution < -0.4 is 10.1 Å². The van der Waals surface area contributed by atoms with E-state index in [0.717, 1.165) is 23.4 Å². The predicted molar refractivity (Wildman–Crippen MR) is 102 cm³/mol. The molecule has 26 heavy (non-hydrogen) atoms. The van der Waals surface area contributed by atoms with Crippen molar-refractivity contribution >= 4 is 11.7 Å². The Labute approximate surface area is 152 Å². The number of hydrogen-bond acceptors (Lipinski definition) is 3. The molecule has 132 valence electrons. The van der Waals surface area contributed by atoms with E-state index in [1.54, 1.807) is 18.2 Å². The summed E-state index contributed by atoms with van der Waals surface area (Å²) in [6, 6.07) is 13.7. The van der Waals surface area contributed by atoms with Crippen molar-refractivity contribution < 1.29 is 14.6 Å². The third-order valence-electron chi connectivity index (χ3n) is 5.22. The first-order valence-electron chi connectivity index (χ1n) is 8.81. The van der Waals surface area contributed by atoms with Crippen molar-refractivity contribution in [3.63, 3.8) is 0 Å². The van der Waals surface area contributed by atoms with Crippen LogP contribution in [0.25, 0.3) is 0 Å². The third-order valence-corrected chi connectivity index (χ3v) is 5.22. The zero-order valence-corrected chi connectivity index (χ0v) is 14.4. The Bertz CT molecular complexity index is 869. The summed E-state index contributed by atoms with van der Waals surface area (Å²) in [5, 5.41) is 12.9. The zero-order valence-electron chi connectivity index (χ0n) is 14.4. The van der Waals surface area contributed by atoms with Gasteiger partial charge in [0.25, 0.3) is 0 Å². The minimum absolute atomic E-state index is 0.187. The van der Waals surface area contributed by atoms with Crippen molar-refractivity contribution in [1.29, 1.82) is 0 Å². The monoisotopic (exact) mass is 347 g/mol. The van der Waals surface area contributed by atoms with Crippen LogP contribution in [0.4, 0.5) is 5.69 Å². The van der Waals surface area contributed by atoms with Gasteiger partial charge in [-0.15, -0.1) is 0 Å². The van der Waals surface area contributed by atoms with Gasteiger partial charge in [-0.2, -0.15) is 0 Å². The van der Waals surface area contributed by atoms with Gasteiger partial charge in [-0.3, -0.25) is 0 Å². The molecule has 4 nitrogen and oxygen atoms in total. The van der Waals surface area contributed by atoms with E-state index in [1.807, 2.05) is 18.2 Å². The molecule has 0 aromatic heterocycles. The maximum Gasteiger partial charge on any atom is 0.335 e. The van der Waals surface area contributed by atoms with Crippen molar-refractivity contribution in [2.24, 2.45) is 5.92 Å². The minimum atomic E-state index is -0.886. The molecule has 0 amide bonds. The minimum Gasteiger partial charge on any atom is -0.490 e. The van der Waals surface area contributed by atoms with Gasteiger partial charge in [0.15, 0.2) is 0 Å². The van der Waals surface area contributed by atoms with Gasteiger partial charge in [0.1, 0.15) is 12.4 Å². The lowest BCUT2D eigenvalue weighted by atomic mass is 9.76. The number of carbonyl (C=O) groups is 1. The third kappa shape index (κ3) is 2.88. The number of hydrogen-bond donors (Lipinski definition) is 2. The first-order valence-corrected chi connectivity index (χ1v) is 8.81. The number of carboxylic acid groups (broad SMARTS) is 1. The molecule has 0 unspecified atom stereocenters. The average Bonchev–Trinajstić information content (AvgIpc) is 3.16. The summed E-state index contributed by atoms with van der Waals surface area (Å²) in [7, 11) is 0. The highest BCUT2D eigenvalue weighted by Gasteiger charge is 2.38. The van der Waals surface area contributed by atoms with Gasteiger partial charge >= 0.3 is 5.97 Å². The van der Waals surface area contributed by atoms with Crippen LogP contribution in [0.2, 0.25) is 0 Å². The zero-order chi connectivity index (χ0) is 18.1. The smallest absolute Gasteiger partial charge is 0.335 e. The Morgan fingerprint density at radius 1 is 1.27 bits per heavy atom. The first kappa shape index (κ1) is 16.5. The number of ether oxygens (including phenoxy) is 1. The van der Waals surface area contributed by atoms with E-state index in [0.29, 0.717) is 18.1 Å². The van der Waals surface area contributed by atoms with E-state index in [1.165, 1.54) is 5.56 Å². The maximum atomic E-state index is 11.3. The summed E-state index contributed by atoms with van der Waals surface area (Å²) in [6.07, 6.45) is 7.13. The molecule has 2 aromatic carbocycles. The topological polar surface area (TPSA) is 58.6 Å². The molecule has 0 fully saturated rings. The van der Waals surface area contributed by atoms with Crippen LogP contribution in [0.5, 0.6) is 5.75 Å². The van der Waals surface area contributed by atoms with E-state index in [2.05, 4.69) is 36.2 Å². The fourth-order valence-corrected chi connectivity index (χ4v) is 3.98. The Hall–Kier alpha value is -3.01. The summed E-state index contributed by atoms with van der Waals surface area (Å²) >= 11 is 0. The van der Waals surface area contributed by atoms with Crippen molar-refractivity contribution in [3.8, 4) is 5.75 Å². The number of carboxylic acids is 1. The van der Waals surface area contributed by atoms with E-state index in [4.69, 9.17) is 4.74 Å². The fraction of sp³-hybridized carbons (Fsp3) is 0.227. The molecular formula is C22H21NO3. The largest absolute Gasteiger partial charge is 0.490 e. The molecule has 1 aliphatic carbocycles. The number of fused-ring (bicyclic) bond motifs is 3. The van der Waals surface area contributed by atoms with Gasteiger partial charge in [0, 0.05) is 11.6 Å². The molecule has 4 rings (SSSR count). The number of benzene rings is 2. The molecule has 0 saturated carbocycles. The number of rotatable bonds is 5. The second-order valence-corrected chi connectivity index (χ2v) is 6.75. The molecule has 1 aliphatic heterocycles. The van der Waals surface area contributed by atoms with Gasteiger partial charge in [-0.25, -0.2) is 4.79 Å². The summed E-state index contributed by atoms with van der Waals surface area (Å²) in [4.78, 5) is 11.3. The summed E-state index contributed by atoms with van der Waals surface area (Å²) in [5.74, 6) is 0.569. The summed E-state index contributed by atoms with van der Waals surface area (Å²) in [5.41, 5.74) is 3.64. The quantitative estimate of drug-likeness (QED) is 0.765. The van der Waals surface area contributed by atoms with E-state index in [9.17, 15) is 9.90 Å². The van der Waals surface area contributed by atoms with Crippen molar-refractivity contribution in [1.82, 2.24) is 0 Å².